The zero-order chi connectivity index (χ0) is 23.2. The first-order chi connectivity index (χ1) is 16.0. The molecule has 10 heteroatoms. The predicted octanol–water partition coefficient (Wildman–Crippen LogP) is 2.46. The van der Waals surface area contributed by atoms with Gasteiger partial charge in [0, 0.05) is 36.6 Å². The molecular weight excluding hydrogens is 448 g/mol. The van der Waals surface area contributed by atoms with Crippen molar-refractivity contribution >= 4 is 40.5 Å². The summed E-state index contributed by atoms with van der Waals surface area (Å²) >= 11 is 6.24. The average Bonchev–Trinajstić information content (AvgIpc) is 2.80. The van der Waals surface area contributed by atoms with E-state index in [4.69, 9.17) is 25.8 Å². The third kappa shape index (κ3) is 6.28. The molecule has 0 atom stereocenters. The molecule has 0 saturated carbocycles. The number of hydrogen-bond acceptors (Lipinski definition) is 7. The number of benzene rings is 2. The summed E-state index contributed by atoms with van der Waals surface area (Å²) < 4.78 is 16.4. The van der Waals surface area contributed by atoms with E-state index in [1.165, 1.54) is 0 Å². The van der Waals surface area contributed by atoms with E-state index in [0.717, 1.165) is 32.0 Å². The number of morpholine rings is 1. The summed E-state index contributed by atoms with van der Waals surface area (Å²) in [6.07, 6.45) is 0. The number of fused-ring (bicyclic) bond motifs is 1. The van der Waals surface area contributed by atoms with Crippen molar-refractivity contribution < 1.29 is 23.8 Å². The van der Waals surface area contributed by atoms with E-state index in [1.54, 1.807) is 24.1 Å². The van der Waals surface area contributed by atoms with Crippen LogP contribution in [0.4, 0.5) is 17.1 Å². The highest BCUT2D eigenvalue weighted by molar-refractivity contribution is 6.34. The molecule has 2 amide bonds. The largest absolute Gasteiger partial charge is 0.486 e. The van der Waals surface area contributed by atoms with Gasteiger partial charge in [-0.2, -0.15) is 0 Å². The lowest BCUT2D eigenvalue weighted by Crippen LogP contribution is -2.36. The number of rotatable bonds is 7. The van der Waals surface area contributed by atoms with Gasteiger partial charge >= 0.3 is 0 Å². The molecule has 0 spiro atoms. The predicted molar refractivity (Wildman–Crippen MR) is 127 cm³/mol. The second-order valence-electron chi connectivity index (χ2n) is 7.89. The lowest BCUT2D eigenvalue weighted by molar-refractivity contribution is -0.119. The van der Waals surface area contributed by atoms with Crippen molar-refractivity contribution in [1.29, 1.82) is 0 Å². The number of halogens is 1. The van der Waals surface area contributed by atoms with Crippen molar-refractivity contribution in [2.45, 2.75) is 0 Å². The highest BCUT2D eigenvalue weighted by atomic mass is 35.5. The van der Waals surface area contributed by atoms with Gasteiger partial charge in [0.05, 0.1) is 37.0 Å². The molecule has 2 aliphatic rings. The zero-order valence-electron chi connectivity index (χ0n) is 18.4. The van der Waals surface area contributed by atoms with E-state index in [1.807, 2.05) is 24.3 Å². The number of likely N-dealkylation sites (N-methyl/N-ethyl adjacent to an activating group) is 1. The maximum atomic E-state index is 12.4. The van der Waals surface area contributed by atoms with E-state index < -0.39 is 0 Å². The number of hydrogen-bond donors (Lipinski definition) is 2. The standard InChI is InChI=1S/C23H27ClN4O5/c1-27(15-23(30)26-19-13-21-20(12-18(19)24)32-10-11-33-21)14-22(29)25-16-2-4-17(5-3-16)28-6-8-31-9-7-28/h2-5,12-13H,6-11,14-15H2,1H3,(H,25,29)(H,26,30). The first kappa shape index (κ1) is 23.2. The SMILES string of the molecule is CN(CC(=O)Nc1ccc(N2CCOCC2)cc1)CC(=O)Nc1cc2c(cc1Cl)OCCO2. The van der Waals surface area contributed by atoms with Gasteiger partial charge in [0.25, 0.3) is 0 Å². The van der Waals surface area contributed by atoms with E-state index in [2.05, 4.69) is 15.5 Å². The second-order valence-corrected chi connectivity index (χ2v) is 8.30. The average molecular weight is 475 g/mol. The Labute approximate surface area is 197 Å². The molecule has 2 aromatic carbocycles. The Morgan fingerprint density at radius 2 is 1.55 bits per heavy atom. The minimum atomic E-state index is -0.293. The van der Waals surface area contributed by atoms with Crippen LogP contribution in [-0.2, 0) is 14.3 Å². The number of amides is 2. The molecule has 0 unspecified atom stereocenters. The summed E-state index contributed by atoms with van der Waals surface area (Å²) in [7, 11) is 1.70. The summed E-state index contributed by atoms with van der Waals surface area (Å²) in [5, 5.41) is 5.98. The third-order valence-electron chi connectivity index (χ3n) is 5.26. The molecule has 1 fully saturated rings. The summed E-state index contributed by atoms with van der Waals surface area (Å²) in [6.45, 7) is 4.14. The van der Waals surface area contributed by atoms with E-state index >= 15 is 0 Å². The van der Waals surface area contributed by atoms with Crippen LogP contribution >= 0.6 is 11.6 Å². The second kappa shape index (κ2) is 10.7. The third-order valence-corrected chi connectivity index (χ3v) is 5.57. The summed E-state index contributed by atoms with van der Waals surface area (Å²) in [4.78, 5) is 28.7. The first-order valence-corrected chi connectivity index (χ1v) is 11.2. The monoisotopic (exact) mass is 474 g/mol. The van der Waals surface area contributed by atoms with Crippen molar-refractivity contribution in [1.82, 2.24) is 4.90 Å². The molecule has 9 nitrogen and oxygen atoms in total. The number of carbonyl (C=O) groups excluding carboxylic acids is 2. The van der Waals surface area contributed by atoms with Gasteiger partial charge in [0.1, 0.15) is 13.2 Å². The van der Waals surface area contributed by atoms with Gasteiger partial charge in [-0.25, -0.2) is 0 Å². The van der Waals surface area contributed by atoms with Crippen LogP contribution in [0.25, 0.3) is 0 Å². The topological polar surface area (TPSA) is 92.4 Å². The molecule has 2 aliphatic heterocycles. The molecule has 0 aromatic heterocycles. The van der Waals surface area contributed by atoms with Crippen LogP contribution in [-0.4, -0.2) is 76.4 Å². The quantitative estimate of drug-likeness (QED) is 0.636. The van der Waals surface area contributed by atoms with Crippen LogP contribution in [0.15, 0.2) is 36.4 Å². The first-order valence-electron chi connectivity index (χ1n) is 10.8. The van der Waals surface area contributed by atoms with E-state index in [-0.39, 0.29) is 24.9 Å². The van der Waals surface area contributed by atoms with Crippen LogP contribution < -0.4 is 25.0 Å². The zero-order valence-corrected chi connectivity index (χ0v) is 19.2. The molecule has 2 aromatic rings. The van der Waals surface area contributed by atoms with Crippen molar-refractivity contribution in [3.8, 4) is 11.5 Å². The summed E-state index contributed by atoms with van der Waals surface area (Å²) in [5.41, 5.74) is 2.24. The molecule has 176 valence electrons. The molecule has 4 rings (SSSR count). The Morgan fingerprint density at radius 1 is 0.939 bits per heavy atom. The Morgan fingerprint density at radius 3 is 2.21 bits per heavy atom. The maximum absolute atomic E-state index is 12.4. The molecule has 0 aliphatic carbocycles. The number of nitrogens with zero attached hydrogens (tertiary/aromatic N) is 2. The molecule has 33 heavy (non-hydrogen) atoms. The van der Waals surface area contributed by atoms with Gasteiger partial charge < -0.3 is 29.7 Å². The number of nitrogens with one attached hydrogen (secondary N) is 2. The Kier molecular flexibility index (Phi) is 7.54. The van der Waals surface area contributed by atoms with Crippen LogP contribution in [0.3, 0.4) is 0 Å². The highest BCUT2D eigenvalue weighted by Gasteiger charge is 2.18. The molecule has 0 radical (unpaired) electrons. The van der Waals surface area contributed by atoms with Crippen molar-refractivity contribution in [2.75, 3.05) is 75.2 Å². The van der Waals surface area contributed by atoms with Gasteiger partial charge in [-0.05, 0) is 31.3 Å². The summed E-state index contributed by atoms with van der Waals surface area (Å²) in [6, 6.07) is 11.0. The van der Waals surface area contributed by atoms with Gasteiger partial charge in [0.2, 0.25) is 11.8 Å². The minimum absolute atomic E-state index is 0.0220. The number of ether oxygens (including phenoxy) is 3. The lowest BCUT2D eigenvalue weighted by atomic mass is 10.2. The number of anilines is 3. The van der Waals surface area contributed by atoms with Gasteiger partial charge in [0.15, 0.2) is 11.5 Å². The molecule has 0 bridgehead atoms. The molecule has 2 heterocycles. The van der Waals surface area contributed by atoms with Gasteiger partial charge in [-0.3, -0.25) is 14.5 Å². The fourth-order valence-corrected chi connectivity index (χ4v) is 3.87. The highest BCUT2D eigenvalue weighted by Crippen LogP contribution is 2.37. The molecule has 2 N–H and O–H groups in total. The van der Waals surface area contributed by atoms with Crippen LogP contribution in [0, 0.1) is 0 Å². The molecule has 1 saturated heterocycles. The Balaban J connectivity index is 1.25. The summed E-state index contributed by atoms with van der Waals surface area (Å²) in [5.74, 6) is 0.588. The van der Waals surface area contributed by atoms with Crippen LogP contribution in [0.2, 0.25) is 5.02 Å². The normalized spacial score (nSPS) is 15.3. The van der Waals surface area contributed by atoms with E-state index in [0.29, 0.717) is 41.1 Å². The Bertz CT molecular complexity index is 995. The smallest absolute Gasteiger partial charge is 0.238 e. The Hall–Kier alpha value is -3.01. The number of carbonyl (C=O) groups is 2. The van der Waals surface area contributed by atoms with Crippen LogP contribution in [0.1, 0.15) is 0 Å². The van der Waals surface area contributed by atoms with Crippen LogP contribution in [0.5, 0.6) is 11.5 Å². The lowest BCUT2D eigenvalue weighted by Gasteiger charge is -2.28. The molecular formula is C23H27ClN4O5. The van der Waals surface area contributed by atoms with E-state index in [9.17, 15) is 9.59 Å². The minimum Gasteiger partial charge on any atom is -0.486 e. The fraction of sp³-hybridized carbons (Fsp3) is 0.391. The van der Waals surface area contributed by atoms with Gasteiger partial charge in [-0.1, -0.05) is 11.6 Å². The van der Waals surface area contributed by atoms with Crippen molar-refractivity contribution in [3.05, 3.63) is 41.4 Å². The maximum Gasteiger partial charge on any atom is 0.238 e. The van der Waals surface area contributed by atoms with Crippen molar-refractivity contribution in [2.24, 2.45) is 0 Å². The fourth-order valence-electron chi connectivity index (χ4n) is 3.67. The van der Waals surface area contributed by atoms with Gasteiger partial charge in [-0.15, -0.1) is 0 Å². The van der Waals surface area contributed by atoms with Crippen molar-refractivity contribution in [3.63, 3.8) is 0 Å².